The van der Waals surface area contributed by atoms with Gasteiger partial charge in [0.15, 0.2) is 0 Å². The summed E-state index contributed by atoms with van der Waals surface area (Å²) in [6, 6.07) is 1.55. The maximum absolute atomic E-state index is 5.88. The van der Waals surface area contributed by atoms with E-state index < -0.39 is 11.9 Å². The van der Waals surface area contributed by atoms with E-state index in [4.69, 9.17) is 51.6 Å². The summed E-state index contributed by atoms with van der Waals surface area (Å²) in [6.07, 6.45) is 7.90. The highest BCUT2D eigenvalue weighted by Gasteiger charge is 2.55. The molecule has 8 heterocycles. The fourth-order valence-corrected chi connectivity index (χ4v) is 4.90. The molecule has 2 aromatic heterocycles. The zero-order valence-corrected chi connectivity index (χ0v) is 21.2. The molecule has 0 aliphatic carbocycles. The number of aromatic nitrogens is 4. The monoisotopic (exact) mass is 526 g/mol. The smallest absolute Gasteiger partial charge is 0.322 e. The van der Waals surface area contributed by atoms with Gasteiger partial charge in [0, 0.05) is 29.3 Å². The first-order valence-corrected chi connectivity index (χ1v) is 12.4. The van der Waals surface area contributed by atoms with Crippen LogP contribution in [0.25, 0.3) is 0 Å². The molecule has 0 radical (unpaired) electrons. The molecule has 0 aromatic carbocycles. The van der Waals surface area contributed by atoms with E-state index in [0.29, 0.717) is 51.0 Å². The third kappa shape index (κ3) is 4.78. The quantitative estimate of drug-likeness (QED) is 0.421. The lowest BCUT2D eigenvalue weighted by Gasteiger charge is -2.51. The van der Waals surface area contributed by atoms with Crippen molar-refractivity contribution in [3.05, 3.63) is 46.5 Å². The van der Waals surface area contributed by atoms with Crippen LogP contribution in [0.5, 0.6) is 0 Å². The zero-order chi connectivity index (χ0) is 24.6. The number of hydrogen-bond donors (Lipinski definition) is 0. The van der Waals surface area contributed by atoms with Crippen molar-refractivity contribution in [2.24, 2.45) is 10.8 Å². The molecule has 4 bridgehead atoms. The third-order valence-electron chi connectivity index (χ3n) is 6.80. The summed E-state index contributed by atoms with van der Waals surface area (Å²) in [5, 5.41) is 0.278. The Bertz CT molecular complexity index is 977. The summed E-state index contributed by atoms with van der Waals surface area (Å²) in [4.78, 5) is 16.1. The van der Waals surface area contributed by atoms with Crippen molar-refractivity contribution < 1.29 is 28.4 Å². The van der Waals surface area contributed by atoms with Crippen LogP contribution >= 0.6 is 23.2 Å². The molecule has 10 nitrogen and oxygen atoms in total. The van der Waals surface area contributed by atoms with Crippen LogP contribution in [-0.2, 0) is 40.4 Å². The Kier molecular flexibility index (Phi) is 7.01. The van der Waals surface area contributed by atoms with Crippen LogP contribution in [0.3, 0.4) is 0 Å². The van der Waals surface area contributed by atoms with Crippen molar-refractivity contribution in [3.63, 3.8) is 0 Å². The minimum atomic E-state index is -1.29. The van der Waals surface area contributed by atoms with Crippen LogP contribution in [0, 0.1) is 10.8 Å². The lowest BCUT2D eigenvalue weighted by atomic mass is 9.84. The zero-order valence-electron chi connectivity index (χ0n) is 19.7. The summed E-state index contributed by atoms with van der Waals surface area (Å²) in [5.74, 6) is -2.41. The van der Waals surface area contributed by atoms with Gasteiger partial charge in [-0.05, 0) is 24.4 Å². The maximum atomic E-state index is 5.88. The summed E-state index contributed by atoms with van der Waals surface area (Å²) in [5.41, 5.74) is 0.961. The molecule has 6 aliphatic heterocycles. The number of hydrogen-bond acceptors (Lipinski definition) is 10. The SMILES string of the molecule is CCC12COC(c3cnccn3)(OC1)OC2.CCCC12COC(c3cc(Cl)nc(Cl)n3)(OC1)OC2. The molecule has 35 heavy (non-hydrogen) atoms. The van der Waals surface area contributed by atoms with Gasteiger partial charge in [0.25, 0.3) is 0 Å². The van der Waals surface area contributed by atoms with Crippen molar-refractivity contribution in [1.29, 1.82) is 0 Å². The van der Waals surface area contributed by atoms with Crippen molar-refractivity contribution in [3.8, 4) is 0 Å². The van der Waals surface area contributed by atoms with E-state index in [1.165, 1.54) is 0 Å². The molecular weight excluding hydrogens is 499 g/mol. The Balaban J connectivity index is 0.000000147. The van der Waals surface area contributed by atoms with E-state index in [-0.39, 0.29) is 21.3 Å². The Morgan fingerprint density at radius 1 is 0.771 bits per heavy atom. The molecule has 0 N–H and O–H groups in total. The minimum absolute atomic E-state index is 0.0178. The predicted molar refractivity (Wildman–Crippen MR) is 123 cm³/mol. The van der Waals surface area contributed by atoms with Crippen LogP contribution < -0.4 is 0 Å². The number of halogens is 2. The molecule has 6 aliphatic rings. The van der Waals surface area contributed by atoms with Crippen LogP contribution in [0.15, 0.2) is 24.7 Å². The lowest BCUT2D eigenvalue weighted by molar-refractivity contribution is -0.482. The van der Waals surface area contributed by atoms with Gasteiger partial charge in [0.1, 0.15) is 16.5 Å². The second-order valence-electron chi connectivity index (χ2n) is 9.38. The second kappa shape index (κ2) is 9.75. The standard InChI is InChI=1S/C12H14Cl2N2O3.C11H14N2O3/c1-2-3-11-5-17-12(18-6-11,19-7-11)8-4-9(13)16-10(14)15-8;1-2-10-6-14-11(15-7-10,16-8-10)9-5-12-3-4-13-9/h4H,2-3,5-7H2,1H3;3-5H,2,6-8H2,1H3. The average Bonchev–Trinajstić information content (AvgIpc) is 2.91. The number of ether oxygens (including phenoxy) is 6. The first-order valence-electron chi connectivity index (χ1n) is 11.7. The van der Waals surface area contributed by atoms with Gasteiger partial charge < -0.3 is 28.4 Å². The topological polar surface area (TPSA) is 107 Å². The van der Waals surface area contributed by atoms with Crippen LogP contribution in [-0.4, -0.2) is 59.6 Å². The largest absolute Gasteiger partial charge is 0.331 e. The van der Waals surface area contributed by atoms with Gasteiger partial charge in [-0.1, -0.05) is 31.9 Å². The van der Waals surface area contributed by atoms with Crippen LogP contribution in [0.2, 0.25) is 10.4 Å². The normalized spacial score (nSPS) is 35.4. The first kappa shape index (κ1) is 25.2. The fraction of sp³-hybridized carbons (Fsp3) is 0.652. The van der Waals surface area contributed by atoms with E-state index in [1.807, 2.05) is 0 Å². The van der Waals surface area contributed by atoms with E-state index in [2.05, 4.69) is 33.8 Å². The van der Waals surface area contributed by atoms with Crippen molar-refractivity contribution >= 4 is 23.2 Å². The highest BCUT2D eigenvalue weighted by Crippen LogP contribution is 2.46. The van der Waals surface area contributed by atoms with Gasteiger partial charge in [-0.3, -0.25) is 4.98 Å². The third-order valence-corrected chi connectivity index (χ3v) is 7.16. The molecule has 6 fully saturated rings. The molecule has 0 atom stereocenters. The predicted octanol–water partition coefficient (Wildman–Crippen LogP) is 3.82. The molecule has 0 amide bonds. The van der Waals surface area contributed by atoms with Gasteiger partial charge in [-0.15, -0.1) is 0 Å². The summed E-state index contributed by atoms with van der Waals surface area (Å²) in [6.45, 7) is 7.96. The first-order chi connectivity index (χ1) is 16.9. The molecule has 190 valence electrons. The van der Waals surface area contributed by atoms with Gasteiger partial charge >= 0.3 is 11.9 Å². The van der Waals surface area contributed by atoms with Crippen LogP contribution in [0.1, 0.15) is 44.5 Å². The molecule has 0 saturated carbocycles. The minimum Gasteiger partial charge on any atom is -0.322 e. The van der Waals surface area contributed by atoms with Gasteiger partial charge in [0.2, 0.25) is 5.28 Å². The lowest BCUT2D eigenvalue weighted by Crippen LogP contribution is -2.58. The number of rotatable bonds is 5. The van der Waals surface area contributed by atoms with E-state index in [0.717, 1.165) is 19.3 Å². The van der Waals surface area contributed by atoms with E-state index >= 15 is 0 Å². The Morgan fingerprint density at radius 3 is 1.83 bits per heavy atom. The van der Waals surface area contributed by atoms with Crippen molar-refractivity contribution in [2.45, 2.75) is 45.1 Å². The summed E-state index contributed by atoms with van der Waals surface area (Å²) >= 11 is 11.7. The van der Waals surface area contributed by atoms with Crippen LogP contribution in [0.4, 0.5) is 0 Å². The Labute approximate surface area is 213 Å². The maximum Gasteiger partial charge on any atom is 0.331 e. The van der Waals surface area contributed by atoms with E-state index in [1.54, 1.807) is 24.7 Å². The fourth-order valence-electron chi connectivity index (χ4n) is 4.49. The molecule has 12 heteroatoms. The number of nitrogens with zero attached hydrogens (tertiary/aromatic N) is 4. The molecule has 6 saturated heterocycles. The Hall–Kier alpha value is -1.50. The van der Waals surface area contributed by atoms with Crippen molar-refractivity contribution in [1.82, 2.24) is 19.9 Å². The summed E-state index contributed by atoms with van der Waals surface area (Å²) < 4.78 is 34.4. The van der Waals surface area contributed by atoms with Crippen molar-refractivity contribution in [2.75, 3.05) is 39.6 Å². The molecule has 2 aromatic rings. The second-order valence-corrected chi connectivity index (χ2v) is 10.1. The highest BCUT2D eigenvalue weighted by atomic mass is 35.5. The molecular formula is C23H28Cl2N4O6. The van der Waals surface area contributed by atoms with Gasteiger partial charge in [-0.25, -0.2) is 15.0 Å². The average molecular weight is 527 g/mol. The number of fused-ring (bicyclic) bond motifs is 6. The summed E-state index contributed by atoms with van der Waals surface area (Å²) in [7, 11) is 0. The molecule has 0 spiro atoms. The van der Waals surface area contributed by atoms with Gasteiger partial charge in [0.05, 0.1) is 45.8 Å². The van der Waals surface area contributed by atoms with Gasteiger partial charge in [-0.2, -0.15) is 0 Å². The molecule has 8 rings (SSSR count). The highest BCUT2D eigenvalue weighted by molar-refractivity contribution is 6.31. The Morgan fingerprint density at radius 2 is 1.34 bits per heavy atom. The molecule has 0 unspecified atom stereocenters. The van der Waals surface area contributed by atoms with E-state index in [9.17, 15) is 0 Å².